The average molecular weight is 446 g/mol. The summed E-state index contributed by atoms with van der Waals surface area (Å²) in [5, 5.41) is 9.39. The second-order valence-corrected chi connectivity index (χ2v) is 7.58. The zero-order valence-electron chi connectivity index (χ0n) is 16.8. The molecule has 0 saturated heterocycles. The summed E-state index contributed by atoms with van der Waals surface area (Å²) in [6, 6.07) is 16.6. The van der Waals surface area contributed by atoms with E-state index in [0.717, 1.165) is 11.8 Å². The van der Waals surface area contributed by atoms with E-state index in [-0.39, 0.29) is 5.69 Å². The molecule has 5 rings (SSSR count). The maximum Gasteiger partial charge on any atom is 0.437 e. The number of methoxy groups -OCH3 is 1. The fraction of sp³-hybridized carbons (Fsp3) is 0.0455. The Hall–Kier alpha value is -4.31. The highest BCUT2D eigenvalue weighted by molar-refractivity contribution is 7.12. The number of nitrogens with one attached hydrogen (secondary N) is 1. The third kappa shape index (κ3) is 3.42. The molecule has 3 heterocycles. The van der Waals surface area contributed by atoms with E-state index in [0.29, 0.717) is 33.5 Å². The molecule has 0 spiro atoms. The molecule has 1 N–H and O–H groups in total. The number of carbonyl (C=O) groups is 1. The maximum absolute atomic E-state index is 12.4. The number of ether oxygens (including phenoxy) is 1. The molecule has 32 heavy (non-hydrogen) atoms. The van der Waals surface area contributed by atoms with Gasteiger partial charge in [0.1, 0.15) is 11.4 Å². The van der Waals surface area contributed by atoms with Gasteiger partial charge in [-0.25, -0.2) is 14.5 Å². The molecule has 10 heteroatoms. The summed E-state index contributed by atoms with van der Waals surface area (Å²) in [5.41, 5.74) is 2.61. The number of aromatic amines is 1. The fourth-order valence-electron chi connectivity index (χ4n) is 3.27. The van der Waals surface area contributed by atoms with E-state index in [2.05, 4.69) is 15.4 Å². The van der Waals surface area contributed by atoms with Gasteiger partial charge >= 0.3 is 11.3 Å². The summed E-state index contributed by atoms with van der Waals surface area (Å²) in [6.07, 6.45) is 2.38. The van der Waals surface area contributed by atoms with Crippen molar-refractivity contribution in [3.05, 3.63) is 82.2 Å². The van der Waals surface area contributed by atoms with Crippen LogP contribution in [0.1, 0.15) is 10.4 Å². The SMILES string of the molecule is COc1ccc(-[n+]2[nH]oc(=O)c2-c2csc(-n3cc(C=O)c(-c4ccccc4)n3)n2)cc1. The van der Waals surface area contributed by atoms with Gasteiger partial charge < -0.3 is 4.74 Å². The number of aldehydes is 1. The average Bonchev–Trinajstić information content (AvgIpc) is 3.57. The molecule has 0 aliphatic rings. The van der Waals surface area contributed by atoms with Gasteiger partial charge in [-0.05, 0) is 22.1 Å². The second kappa shape index (κ2) is 8.08. The van der Waals surface area contributed by atoms with Crippen LogP contribution in [0.15, 0.2) is 75.5 Å². The lowest BCUT2D eigenvalue weighted by molar-refractivity contribution is -0.660. The van der Waals surface area contributed by atoms with Crippen LogP contribution in [0.2, 0.25) is 0 Å². The molecule has 5 aromatic rings. The normalized spacial score (nSPS) is 10.9. The van der Waals surface area contributed by atoms with Gasteiger partial charge in [-0.1, -0.05) is 30.3 Å². The van der Waals surface area contributed by atoms with Crippen LogP contribution in [-0.2, 0) is 0 Å². The van der Waals surface area contributed by atoms with E-state index in [4.69, 9.17) is 9.26 Å². The van der Waals surface area contributed by atoms with Crippen molar-refractivity contribution in [3.8, 4) is 39.2 Å². The van der Waals surface area contributed by atoms with Gasteiger partial charge in [-0.3, -0.25) is 9.32 Å². The Kier molecular flexibility index (Phi) is 4.96. The highest BCUT2D eigenvalue weighted by Gasteiger charge is 2.28. The summed E-state index contributed by atoms with van der Waals surface area (Å²) >= 11 is 1.29. The first-order valence-electron chi connectivity index (χ1n) is 9.52. The van der Waals surface area contributed by atoms with Gasteiger partial charge in [0, 0.05) is 29.3 Å². The number of aromatic nitrogens is 5. The molecule has 0 aliphatic heterocycles. The number of nitrogens with zero attached hydrogens (tertiary/aromatic N) is 4. The lowest BCUT2D eigenvalue weighted by Gasteiger charge is -1.98. The quantitative estimate of drug-likeness (QED) is 0.317. The van der Waals surface area contributed by atoms with Crippen LogP contribution >= 0.6 is 11.3 Å². The van der Waals surface area contributed by atoms with Crippen molar-refractivity contribution in [1.82, 2.24) is 20.0 Å². The van der Waals surface area contributed by atoms with E-state index in [1.165, 1.54) is 20.7 Å². The Morgan fingerprint density at radius 2 is 1.94 bits per heavy atom. The number of thiazole rings is 1. The molecule has 158 valence electrons. The van der Waals surface area contributed by atoms with Gasteiger partial charge in [0.15, 0.2) is 12.0 Å². The van der Waals surface area contributed by atoms with E-state index in [9.17, 15) is 9.59 Å². The van der Waals surface area contributed by atoms with Crippen LogP contribution in [0.4, 0.5) is 0 Å². The predicted molar refractivity (Wildman–Crippen MR) is 116 cm³/mol. The molecule has 0 fully saturated rings. The molecule has 0 atom stereocenters. The maximum atomic E-state index is 12.4. The minimum atomic E-state index is -0.559. The van der Waals surface area contributed by atoms with Gasteiger partial charge in [-0.15, -0.1) is 11.3 Å². The third-order valence-electron chi connectivity index (χ3n) is 4.82. The number of rotatable bonds is 6. The Labute approximate surface area is 185 Å². The largest absolute Gasteiger partial charge is 0.497 e. The van der Waals surface area contributed by atoms with E-state index in [1.54, 1.807) is 43.0 Å². The number of benzene rings is 2. The number of hydrogen-bond donors (Lipinski definition) is 1. The first-order valence-corrected chi connectivity index (χ1v) is 10.4. The van der Waals surface area contributed by atoms with Gasteiger partial charge in [0.25, 0.3) is 0 Å². The molecule has 0 aliphatic carbocycles. The highest BCUT2D eigenvalue weighted by Crippen LogP contribution is 2.25. The number of H-pyrrole nitrogens is 1. The van der Waals surface area contributed by atoms with Crippen LogP contribution in [0.25, 0.3) is 33.5 Å². The third-order valence-corrected chi connectivity index (χ3v) is 5.65. The zero-order chi connectivity index (χ0) is 22.1. The smallest absolute Gasteiger partial charge is 0.437 e. The van der Waals surface area contributed by atoms with Crippen LogP contribution in [0, 0.1) is 0 Å². The highest BCUT2D eigenvalue weighted by atomic mass is 32.1. The molecule has 0 unspecified atom stereocenters. The first-order chi connectivity index (χ1) is 15.7. The summed E-state index contributed by atoms with van der Waals surface area (Å²) in [5.74, 6) is 0.691. The standard InChI is InChI=1S/C22H15N5O4S/c1-30-17-9-7-16(8-10-17)27-20(21(29)31-25-27)18-13-32-22(23-18)26-11-15(12-28)19(24-26)14-5-3-2-4-6-14/h2-13H,1H3/p+1. The Balaban J connectivity index is 1.54. The zero-order valence-corrected chi connectivity index (χ0v) is 17.6. The topological polar surface area (TPSA) is 107 Å². The van der Waals surface area contributed by atoms with Crippen LogP contribution < -0.4 is 15.0 Å². The van der Waals surface area contributed by atoms with Gasteiger partial charge in [0.2, 0.25) is 10.8 Å². The Morgan fingerprint density at radius 3 is 2.66 bits per heavy atom. The van der Waals surface area contributed by atoms with E-state index >= 15 is 0 Å². The molecule has 3 aromatic heterocycles. The molecule has 9 nitrogen and oxygen atoms in total. The summed E-state index contributed by atoms with van der Waals surface area (Å²) in [7, 11) is 1.58. The van der Waals surface area contributed by atoms with Crippen LogP contribution in [0.3, 0.4) is 0 Å². The van der Waals surface area contributed by atoms with Crippen molar-refractivity contribution in [2.75, 3.05) is 7.11 Å². The summed E-state index contributed by atoms with van der Waals surface area (Å²) in [6.45, 7) is 0. The monoisotopic (exact) mass is 446 g/mol. The van der Waals surface area contributed by atoms with Crippen molar-refractivity contribution in [3.63, 3.8) is 0 Å². The lowest BCUT2D eigenvalue weighted by Crippen LogP contribution is -2.36. The first kappa shape index (κ1) is 19.6. The second-order valence-electron chi connectivity index (χ2n) is 6.74. The van der Waals surface area contributed by atoms with Crippen molar-refractivity contribution < 1.29 is 18.7 Å². The van der Waals surface area contributed by atoms with Crippen molar-refractivity contribution >= 4 is 17.6 Å². The molecule has 0 saturated carbocycles. The van der Waals surface area contributed by atoms with Crippen LogP contribution in [-0.4, -0.2) is 33.4 Å². The van der Waals surface area contributed by atoms with Gasteiger partial charge in [-0.2, -0.15) is 5.10 Å². The lowest BCUT2D eigenvalue weighted by atomic mass is 10.1. The summed E-state index contributed by atoms with van der Waals surface area (Å²) < 4.78 is 13.2. The molecule has 2 aromatic carbocycles. The van der Waals surface area contributed by atoms with Crippen molar-refractivity contribution in [2.24, 2.45) is 0 Å². The Morgan fingerprint density at radius 1 is 1.16 bits per heavy atom. The van der Waals surface area contributed by atoms with Gasteiger partial charge in [0.05, 0.1) is 12.7 Å². The van der Waals surface area contributed by atoms with Crippen molar-refractivity contribution in [1.29, 1.82) is 0 Å². The summed E-state index contributed by atoms with van der Waals surface area (Å²) in [4.78, 5) is 28.6. The minimum Gasteiger partial charge on any atom is -0.497 e. The Bertz CT molecular complexity index is 1450. The minimum absolute atomic E-state index is 0.240. The molecular weight excluding hydrogens is 430 g/mol. The predicted octanol–water partition coefficient (Wildman–Crippen LogP) is 3.04. The molecule has 0 bridgehead atoms. The fourth-order valence-corrected chi connectivity index (χ4v) is 4.01. The van der Waals surface area contributed by atoms with E-state index < -0.39 is 5.63 Å². The molecular formula is C22H16N5O4S+. The number of hydrogen-bond acceptors (Lipinski definition) is 7. The van der Waals surface area contributed by atoms with Crippen molar-refractivity contribution in [2.45, 2.75) is 0 Å². The molecule has 0 radical (unpaired) electrons. The van der Waals surface area contributed by atoms with E-state index in [1.807, 2.05) is 30.3 Å². The molecule has 0 amide bonds. The van der Waals surface area contributed by atoms with Crippen LogP contribution in [0.5, 0.6) is 5.75 Å². The number of carbonyl (C=O) groups excluding carboxylic acids is 1.